The Hall–Kier alpha value is -1.76. The van der Waals surface area contributed by atoms with Gasteiger partial charge >= 0.3 is 6.09 Å². The van der Waals surface area contributed by atoms with E-state index in [0.29, 0.717) is 6.04 Å². The molecule has 0 aliphatic carbocycles. The highest BCUT2D eigenvalue weighted by Crippen LogP contribution is 2.12. The number of rotatable bonds is 5. The third-order valence-electron chi connectivity index (χ3n) is 4.37. The van der Waals surface area contributed by atoms with Gasteiger partial charge in [0.2, 0.25) is 0 Å². The number of piperidine rings is 1. The molecule has 0 spiro atoms. The van der Waals surface area contributed by atoms with Crippen LogP contribution in [0.25, 0.3) is 0 Å². The summed E-state index contributed by atoms with van der Waals surface area (Å²) in [6.07, 6.45) is 5.75. The van der Waals surface area contributed by atoms with E-state index >= 15 is 0 Å². The molecular formula is C17H30N4O3. The van der Waals surface area contributed by atoms with Gasteiger partial charge in [0.25, 0.3) is 0 Å². The third-order valence-corrected chi connectivity index (χ3v) is 4.37. The van der Waals surface area contributed by atoms with Crippen LogP contribution in [0.2, 0.25) is 0 Å². The van der Waals surface area contributed by atoms with Crippen molar-refractivity contribution in [1.29, 1.82) is 0 Å². The second kappa shape index (κ2) is 10.2. The summed E-state index contributed by atoms with van der Waals surface area (Å²) in [6.45, 7) is 6.68. The fourth-order valence-electron chi connectivity index (χ4n) is 2.95. The lowest BCUT2D eigenvalue weighted by atomic mass is 10.1. The number of nitrogens with one attached hydrogen (secondary N) is 2. The molecule has 0 atom stereocenters. The summed E-state index contributed by atoms with van der Waals surface area (Å²) < 4.78 is 10.1. The number of hydrogen-bond acceptors (Lipinski definition) is 4. The van der Waals surface area contributed by atoms with Crippen molar-refractivity contribution < 1.29 is 14.3 Å². The van der Waals surface area contributed by atoms with Crippen molar-refractivity contribution in [2.24, 2.45) is 4.99 Å². The van der Waals surface area contributed by atoms with Gasteiger partial charge in [-0.25, -0.2) is 4.79 Å². The zero-order chi connectivity index (χ0) is 17.2. The lowest BCUT2D eigenvalue weighted by Gasteiger charge is -2.32. The molecule has 2 N–H and O–H groups in total. The van der Waals surface area contributed by atoms with E-state index in [0.717, 1.165) is 71.0 Å². The summed E-state index contributed by atoms with van der Waals surface area (Å²) >= 11 is 0. The standard InChI is InChI=1S/C17H30N4O3/c1-3-18-16(19-9-4-14-7-12-24-13-8-14)20-15-5-10-21(11-6-15)17(22)23-2/h7,15H,3-6,8-13H2,1-2H3,(H2,18,19,20). The van der Waals surface area contributed by atoms with Crippen LogP contribution in [0.1, 0.15) is 32.6 Å². The van der Waals surface area contributed by atoms with Crippen LogP contribution in [0.15, 0.2) is 16.6 Å². The molecule has 2 aliphatic rings. The second-order valence-electron chi connectivity index (χ2n) is 6.07. The van der Waals surface area contributed by atoms with Gasteiger partial charge in [0.15, 0.2) is 5.96 Å². The molecule has 1 amide bonds. The number of nitrogens with zero attached hydrogens (tertiary/aromatic N) is 2. The van der Waals surface area contributed by atoms with E-state index in [2.05, 4.69) is 28.6 Å². The maximum Gasteiger partial charge on any atom is 0.409 e. The number of amides is 1. The molecule has 0 aromatic rings. The number of methoxy groups -OCH3 is 1. The predicted octanol–water partition coefficient (Wildman–Crippen LogP) is 1.51. The topological polar surface area (TPSA) is 75.2 Å². The first-order valence-electron chi connectivity index (χ1n) is 8.86. The van der Waals surface area contributed by atoms with Crippen LogP contribution < -0.4 is 10.6 Å². The molecule has 2 rings (SSSR count). The van der Waals surface area contributed by atoms with Gasteiger partial charge in [0.05, 0.1) is 20.3 Å². The summed E-state index contributed by atoms with van der Waals surface area (Å²) in [5.41, 5.74) is 1.44. The molecule has 24 heavy (non-hydrogen) atoms. The molecule has 2 aliphatic heterocycles. The van der Waals surface area contributed by atoms with Crippen LogP contribution in [-0.4, -0.2) is 69.5 Å². The Morgan fingerprint density at radius 2 is 2.25 bits per heavy atom. The minimum Gasteiger partial charge on any atom is -0.453 e. The molecule has 0 aromatic heterocycles. The number of carbonyl (C=O) groups is 1. The highest BCUT2D eigenvalue weighted by Gasteiger charge is 2.23. The van der Waals surface area contributed by atoms with Crippen molar-refractivity contribution in [3.8, 4) is 0 Å². The van der Waals surface area contributed by atoms with Crippen LogP contribution in [0.3, 0.4) is 0 Å². The summed E-state index contributed by atoms with van der Waals surface area (Å²) in [5.74, 6) is 0.863. The minimum absolute atomic E-state index is 0.237. The van der Waals surface area contributed by atoms with Crippen molar-refractivity contribution in [3.63, 3.8) is 0 Å². The quantitative estimate of drug-likeness (QED) is 0.451. The van der Waals surface area contributed by atoms with Gasteiger partial charge in [-0.05, 0) is 32.6 Å². The Morgan fingerprint density at radius 3 is 2.88 bits per heavy atom. The van der Waals surface area contributed by atoms with Gasteiger partial charge in [-0.1, -0.05) is 11.6 Å². The summed E-state index contributed by atoms with van der Waals surface area (Å²) in [4.78, 5) is 18.0. The van der Waals surface area contributed by atoms with Gasteiger partial charge in [-0.2, -0.15) is 0 Å². The predicted molar refractivity (Wildman–Crippen MR) is 94.3 cm³/mol. The molecule has 0 unspecified atom stereocenters. The molecular weight excluding hydrogens is 308 g/mol. The van der Waals surface area contributed by atoms with Gasteiger partial charge in [0.1, 0.15) is 0 Å². The zero-order valence-corrected chi connectivity index (χ0v) is 14.8. The summed E-state index contributed by atoms with van der Waals surface area (Å²) in [6, 6.07) is 0.339. The lowest BCUT2D eigenvalue weighted by molar-refractivity contribution is 0.111. The van der Waals surface area contributed by atoms with Crippen molar-refractivity contribution in [3.05, 3.63) is 11.6 Å². The van der Waals surface area contributed by atoms with E-state index in [4.69, 9.17) is 9.47 Å². The van der Waals surface area contributed by atoms with E-state index < -0.39 is 0 Å². The third kappa shape index (κ3) is 6.03. The summed E-state index contributed by atoms with van der Waals surface area (Å²) in [7, 11) is 1.43. The Bertz CT molecular complexity index is 457. The molecule has 7 heteroatoms. The maximum absolute atomic E-state index is 11.5. The van der Waals surface area contributed by atoms with E-state index in [9.17, 15) is 4.79 Å². The van der Waals surface area contributed by atoms with Crippen LogP contribution in [0.5, 0.6) is 0 Å². The average Bonchev–Trinajstić information content (AvgIpc) is 2.63. The number of guanidine groups is 1. The Labute approximate surface area is 144 Å². The van der Waals surface area contributed by atoms with Crippen molar-refractivity contribution in [1.82, 2.24) is 15.5 Å². The fraction of sp³-hybridized carbons (Fsp3) is 0.765. The lowest BCUT2D eigenvalue weighted by Crippen LogP contribution is -2.49. The molecule has 2 heterocycles. The monoisotopic (exact) mass is 338 g/mol. The summed E-state index contributed by atoms with van der Waals surface area (Å²) in [5, 5.41) is 6.79. The largest absolute Gasteiger partial charge is 0.453 e. The maximum atomic E-state index is 11.5. The average molecular weight is 338 g/mol. The molecule has 0 saturated carbocycles. The van der Waals surface area contributed by atoms with Gasteiger partial charge < -0.3 is 25.0 Å². The Balaban J connectivity index is 1.77. The Kier molecular flexibility index (Phi) is 7.88. The van der Waals surface area contributed by atoms with E-state index in [1.165, 1.54) is 12.7 Å². The smallest absolute Gasteiger partial charge is 0.409 e. The first kappa shape index (κ1) is 18.6. The number of likely N-dealkylation sites (tertiary alicyclic amines) is 1. The van der Waals surface area contributed by atoms with E-state index in [1.54, 1.807) is 4.90 Å². The number of carbonyl (C=O) groups excluding carboxylic acids is 1. The normalized spacial score (nSPS) is 19.7. The van der Waals surface area contributed by atoms with Crippen LogP contribution >= 0.6 is 0 Å². The second-order valence-corrected chi connectivity index (χ2v) is 6.07. The van der Waals surface area contributed by atoms with E-state index in [-0.39, 0.29) is 6.09 Å². The molecule has 1 fully saturated rings. The van der Waals surface area contributed by atoms with E-state index in [1.807, 2.05) is 0 Å². The van der Waals surface area contributed by atoms with Gasteiger partial charge in [-0.15, -0.1) is 0 Å². The molecule has 136 valence electrons. The molecule has 7 nitrogen and oxygen atoms in total. The first-order valence-corrected chi connectivity index (χ1v) is 8.86. The highest BCUT2D eigenvalue weighted by molar-refractivity contribution is 5.80. The van der Waals surface area contributed by atoms with Crippen molar-refractivity contribution >= 4 is 12.1 Å². The SMILES string of the molecule is CCNC(=NCCC1=CCOCC1)NC1CCN(C(=O)OC)CC1. The number of hydrogen-bond donors (Lipinski definition) is 2. The Morgan fingerprint density at radius 1 is 1.46 bits per heavy atom. The van der Waals surface area contributed by atoms with Crippen molar-refractivity contribution in [2.75, 3.05) is 46.5 Å². The molecule has 0 bridgehead atoms. The minimum atomic E-state index is -0.237. The van der Waals surface area contributed by atoms with Crippen LogP contribution in [0.4, 0.5) is 4.79 Å². The molecule has 0 aromatic carbocycles. The van der Waals surface area contributed by atoms with Gasteiger partial charge in [-0.3, -0.25) is 4.99 Å². The highest BCUT2D eigenvalue weighted by atomic mass is 16.5. The number of aliphatic imine (C=N–C) groups is 1. The number of ether oxygens (including phenoxy) is 2. The van der Waals surface area contributed by atoms with Gasteiger partial charge in [0, 0.05) is 32.2 Å². The van der Waals surface area contributed by atoms with Crippen molar-refractivity contribution in [2.45, 2.75) is 38.6 Å². The molecule has 1 saturated heterocycles. The van der Waals surface area contributed by atoms with Crippen LogP contribution in [-0.2, 0) is 9.47 Å². The van der Waals surface area contributed by atoms with Crippen LogP contribution in [0, 0.1) is 0 Å². The fourth-order valence-corrected chi connectivity index (χ4v) is 2.95. The molecule has 0 radical (unpaired) electrons. The first-order chi connectivity index (χ1) is 11.7. The zero-order valence-electron chi connectivity index (χ0n) is 14.8.